The Hall–Kier alpha value is 0.01000. The number of aliphatic hydroxyl groups is 1. The summed E-state index contributed by atoms with van der Waals surface area (Å²) in [6, 6.07) is 0. The molecule has 0 spiro atoms. The monoisotopic (exact) mass is 175 g/mol. The largest absolute Gasteiger partial charge is 0.396 e. The van der Waals surface area contributed by atoms with E-state index in [0.717, 1.165) is 11.5 Å². The van der Waals surface area contributed by atoms with E-state index in [4.69, 9.17) is 10.8 Å². The van der Waals surface area contributed by atoms with E-state index < -0.39 is 0 Å². The molecule has 0 aliphatic rings. The van der Waals surface area contributed by atoms with Gasteiger partial charge >= 0.3 is 0 Å². The van der Waals surface area contributed by atoms with Crippen molar-refractivity contribution in [3.63, 3.8) is 0 Å². The summed E-state index contributed by atoms with van der Waals surface area (Å²) in [6.07, 6.45) is 4.02. The smallest absolute Gasteiger partial charge is 0.0464 e. The fourth-order valence-corrected chi connectivity index (χ4v) is 1.47. The van der Waals surface area contributed by atoms with Crippen molar-refractivity contribution in [1.29, 1.82) is 0 Å². The average Bonchev–Trinajstić information content (AvgIpc) is 2.04. The van der Waals surface area contributed by atoms with E-state index in [-0.39, 0.29) is 6.61 Å². The van der Waals surface area contributed by atoms with Crippen molar-refractivity contribution in [1.82, 2.24) is 0 Å². The second-order valence-electron chi connectivity index (χ2n) is 2.53. The Labute approximate surface area is 72.9 Å². The van der Waals surface area contributed by atoms with Crippen LogP contribution >= 0.6 is 11.8 Å². The molecule has 1 atom stereocenters. The van der Waals surface area contributed by atoms with Crippen molar-refractivity contribution >= 4 is 11.8 Å². The molecule has 0 aromatic rings. The van der Waals surface area contributed by atoms with Crippen molar-refractivity contribution in [2.75, 3.05) is 24.7 Å². The highest BCUT2D eigenvalue weighted by molar-refractivity contribution is 7.99. The first-order chi connectivity index (χ1) is 5.31. The molecule has 0 bridgehead atoms. The Balaban J connectivity index is 3.07. The van der Waals surface area contributed by atoms with Crippen LogP contribution in [0.25, 0.3) is 0 Å². The Morgan fingerprint density at radius 3 is 2.82 bits per heavy atom. The fourth-order valence-electron chi connectivity index (χ4n) is 0.554. The lowest BCUT2D eigenvalue weighted by Gasteiger charge is -2.04. The molecular weight excluding hydrogens is 158 g/mol. The molecule has 11 heavy (non-hydrogen) atoms. The predicted octanol–water partition coefficient (Wildman–Crippen LogP) is 0.863. The van der Waals surface area contributed by atoms with Gasteiger partial charge in [-0.15, -0.1) is 0 Å². The summed E-state index contributed by atoms with van der Waals surface area (Å²) in [4.78, 5) is 0. The second-order valence-corrected chi connectivity index (χ2v) is 3.61. The molecule has 0 amide bonds. The lowest BCUT2D eigenvalue weighted by Crippen LogP contribution is -2.03. The number of aliphatic hydroxyl groups excluding tert-OH is 1. The first-order valence-corrected chi connectivity index (χ1v) is 5.00. The van der Waals surface area contributed by atoms with Crippen LogP contribution in [0.3, 0.4) is 0 Å². The van der Waals surface area contributed by atoms with Crippen molar-refractivity contribution in [3.8, 4) is 0 Å². The van der Waals surface area contributed by atoms with Gasteiger partial charge in [0.05, 0.1) is 0 Å². The molecule has 0 fully saturated rings. The van der Waals surface area contributed by atoms with Gasteiger partial charge in [0.2, 0.25) is 0 Å². The highest BCUT2D eigenvalue weighted by atomic mass is 32.2. The molecular formula is C8H17NOS. The van der Waals surface area contributed by atoms with E-state index in [1.165, 1.54) is 0 Å². The van der Waals surface area contributed by atoms with Crippen molar-refractivity contribution in [2.24, 2.45) is 11.7 Å². The highest BCUT2D eigenvalue weighted by Gasteiger charge is 1.97. The van der Waals surface area contributed by atoms with Crippen LogP contribution in [0.1, 0.15) is 6.92 Å². The fraction of sp³-hybridized carbons (Fsp3) is 0.750. The van der Waals surface area contributed by atoms with E-state index >= 15 is 0 Å². The summed E-state index contributed by atoms with van der Waals surface area (Å²) in [6.45, 7) is 2.95. The minimum absolute atomic E-state index is 0.285. The van der Waals surface area contributed by atoms with Gasteiger partial charge in [-0.25, -0.2) is 0 Å². The first kappa shape index (κ1) is 11.0. The maximum absolute atomic E-state index is 8.69. The summed E-state index contributed by atoms with van der Waals surface area (Å²) < 4.78 is 0. The number of hydrogen-bond acceptors (Lipinski definition) is 3. The third-order valence-corrected chi connectivity index (χ3v) is 2.46. The SMILES string of the molecule is CC(CO)CSCC=CCN. The third-order valence-electron chi connectivity index (χ3n) is 1.23. The van der Waals surface area contributed by atoms with E-state index in [2.05, 4.69) is 6.08 Å². The minimum Gasteiger partial charge on any atom is -0.396 e. The van der Waals surface area contributed by atoms with Crippen LogP contribution in [-0.4, -0.2) is 29.8 Å². The van der Waals surface area contributed by atoms with Crippen LogP contribution in [0.15, 0.2) is 12.2 Å². The summed E-state index contributed by atoms with van der Waals surface area (Å²) in [5, 5.41) is 8.69. The zero-order chi connectivity index (χ0) is 8.53. The summed E-state index contributed by atoms with van der Waals surface area (Å²) in [5.74, 6) is 2.43. The first-order valence-electron chi connectivity index (χ1n) is 3.85. The quantitative estimate of drug-likeness (QED) is 0.465. The molecule has 0 aromatic heterocycles. The number of hydrogen-bond donors (Lipinski definition) is 2. The van der Waals surface area contributed by atoms with Gasteiger partial charge < -0.3 is 10.8 Å². The lowest BCUT2D eigenvalue weighted by molar-refractivity contribution is 0.250. The van der Waals surface area contributed by atoms with Gasteiger partial charge in [-0.3, -0.25) is 0 Å². The molecule has 2 nitrogen and oxygen atoms in total. The van der Waals surface area contributed by atoms with E-state index in [1.807, 2.05) is 24.8 Å². The van der Waals surface area contributed by atoms with E-state index in [0.29, 0.717) is 12.5 Å². The predicted molar refractivity (Wildman–Crippen MR) is 51.8 cm³/mol. The summed E-state index contributed by atoms with van der Waals surface area (Å²) in [5.41, 5.74) is 5.26. The average molecular weight is 175 g/mol. The van der Waals surface area contributed by atoms with Gasteiger partial charge in [-0.05, 0) is 11.7 Å². The van der Waals surface area contributed by atoms with Gasteiger partial charge in [0.25, 0.3) is 0 Å². The molecule has 0 aliphatic carbocycles. The Kier molecular flexibility index (Phi) is 8.12. The van der Waals surface area contributed by atoms with E-state index in [1.54, 1.807) is 0 Å². The van der Waals surface area contributed by atoms with Crippen LogP contribution < -0.4 is 5.73 Å². The molecule has 66 valence electrons. The van der Waals surface area contributed by atoms with Crippen molar-refractivity contribution in [2.45, 2.75) is 6.92 Å². The van der Waals surface area contributed by atoms with Crippen LogP contribution in [0, 0.1) is 5.92 Å². The van der Waals surface area contributed by atoms with Gasteiger partial charge in [0.15, 0.2) is 0 Å². The van der Waals surface area contributed by atoms with Crippen LogP contribution in [-0.2, 0) is 0 Å². The van der Waals surface area contributed by atoms with Crippen LogP contribution in [0.5, 0.6) is 0 Å². The molecule has 0 aromatic carbocycles. The van der Waals surface area contributed by atoms with Crippen LogP contribution in [0.2, 0.25) is 0 Å². The maximum atomic E-state index is 8.69. The van der Waals surface area contributed by atoms with Gasteiger partial charge in [-0.2, -0.15) is 11.8 Å². The van der Waals surface area contributed by atoms with E-state index in [9.17, 15) is 0 Å². The molecule has 0 aliphatic heterocycles. The molecule has 1 unspecified atom stereocenters. The summed E-state index contributed by atoms with van der Waals surface area (Å²) >= 11 is 1.82. The Bertz CT molecular complexity index is 106. The Morgan fingerprint density at radius 2 is 2.27 bits per heavy atom. The normalized spacial score (nSPS) is 14.1. The Morgan fingerprint density at radius 1 is 1.55 bits per heavy atom. The van der Waals surface area contributed by atoms with Gasteiger partial charge in [-0.1, -0.05) is 19.1 Å². The zero-order valence-electron chi connectivity index (χ0n) is 6.99. The second kappa shape index (κ2) is 8.11. The topological polar surface area (TPSA) is 46.2 Å². The van der Waals surface area contributed by atoms with Crippen LogP contribution in [0.4, 0.5) is 0 Å². The minimum atomic E-state index is 0.285. The lowest BCUT2D eigenvalue weighted by atomic mass is 10.2. The van der Waals surface area contributed by atoms with Gasteiger partial charge in [0, 0.05) is 18.9 Å². The number of nitrogens with two attached hydrogens (primary N) is 1. The number of rotatable bonds is 6. The molecule has 3 heteroatoms. The standard InChI is InChI=1S/C8H17NOS/c1-8(6-10)7-11-5-3-2-4-9/h2-3,8,10H,4-7,9H2,1H3. The molecule has 0 radical (unpaired) electrons. The van der Waals surface area contributed by atoms with Crippen molar-refractivity contribution < 1.29 is 5.11 Å². The highest BCUT2D eigenvalue weighted by Crippen LogP contribution is 2.07. The third kappa shape index (κ3) is 7.91. The molecule has 0 heterocycles. The van der Waals surface area contributed by atoms with Crippen molar-refractivity contribution in [3.05, 3.63) is 12.2 Å². The zero-order valence-corrected chi connectivity index (χ0v) is 7.81. The molecule has 3 N–H and O–H groups in total. The molecule has 0 saturated carbocycles. The molecule has 0 saturated heterocycles. The maximum Gasteiger partial charge on any atom is 0.0464 e. The van der Waals surface area contributed by atoms with Gasteiger partial charge in [0.1, 0.15) is 0 Å². The summed E-state index contributed by atoms with van der Waals surface area (Å²) in [7, 11) is 0. The number of thioether (sulfide) groups is 1. The molecule has 0 rings (SSSR count).